The number of amides is 1. The number of benzene rings is 1. The van der Waals surface area contributed by atoms with Crippen LogP contribution in [0.15, 0.2) is 24.3 Å². The zero-order valence-electron chi connectivity index (χ0n) is 12.4. The summed E-state index contributed by atoms with van der Waals surface area (Å²) in [7, 11) is 0. The van der Waals surface area contributed by atoms with Gasteiger partial charge in [-0.3, -0.25) is 4.79 Å². The van der Waals surface area contributed by atoms with E-state index in [1.807, 2.05) is 24.3 Å². The summed E-state index contributed by atoms with van der Waals surface area (Å²) < 4.78 is 5.63. The lowest BCUT2D eigenvalue weighted by atomic mass is 9.78. The van der Waals surface area contributed by atoms with Crippen molar-refractivity contribution in [3.63, 3.8) is 0 Å². The van der Waals surface area contributed by atoms with Crippen molar-refractivity contribution in [3.05, 3.63) is 29.8 Å². The van der Waals surface area contributed by atoms with Gasteiger partial charge in [0.1, 0.15) is 18.3 Å². The Hall–Kier alpha value is -1.03. The van der Waals surface area contributed by atoms with E-state index >= 15 is 0 Å². The molecule has 114 valence electrons. The number of para-hydroxylation sites is 1. The highest BCUT2D eigenvalue weighted by molar-refractivity contribution is 9.09. The fraction of sp³-hybridized carbons (Fsp3) is 0.588. The molecule has 1 heterocycles. The molecular formula is C17H22BrNO2. The van der Waals surface area contributed by atoms with Crippen molar-refractivity contribution in [1.29, 1.82) is 0 Å². The van der Waals surface area contributed by atoms with Crippen LogP contribution in [0.5, 0.6) is 5.75 Å². The van der Waals surface area contributed by atoms with Crippen LogP contribution in [-0.2, 0) is 4.79 Å². The molecule has 1 N–H and O–H groups in total. The lowest BCUT2D eigenvalue weighted by molar-refractivity contribution is -0.125. The topological polar surface area (TPSA) is 38.3 Å². The number of hydrogen-bond donors (Lipinski definition) is 1. The number of halogens is 1. The largest absolute Gasteiger partial charge is 0.492 e. The van der Waals surface area contributed by atoms with Crippen LogP contribution in [-0.4, -0.2) is 23.4 Å². The Balaban J connectivity index is 1.72. The number of alkyl halides is 1. The molecule has 2 aliphatic rings. The van der Waals surface area contributed by atoms with Crippen LogP contribution in [0.25, 0.3) is 0 Å². The molecular weight excluding hydrogens is 330 g/mol. The fourth-order valence-corrected chi connectivity index (χ4v) is 4.04. The van der Waals surface area contributed by atoms with E-state index in [9.17, 15) is 4.79 Å². The molecule has 0 aromatic heterocycles. The normalized spacial score (nSPS) is 31.3. The molecule has 1 unspecified atom stereocenters. The van der Waals surface area contributed by atoms with Gasteiger partial charge in [0.2, 0.25) is 5.91 Å². The van der Waals surface area contributed by atoms with Gasteiger partial charge < -0.3 is 10.1 Å². The van der Waals surface area contributed by atoms with Gasteiger partial charge in [0.25, 0.3) is 0 Å². The van der Waals surface area contributed by atoms with E-state index in [1.165, 1.54) is 12.8 Å². The minimum absolute atomic E-state index is 0.0822. The van der Waals surface area contributed by atoms with Gasteiger partial charge in [0.05, 0.1) is 0 Å². The second kappa shape index (κ2) is 5.99. The molecule has 1 fully saturated rings. The second-order valence-electron chi connectivity index (χ2n) is 6.49. The lowest BCUT2D eigenvalue weighted by Crippen LogP contribution is -2.53. The number of fused-ring (bicyclic) bond motifs is 1. The summed E-state index contributed by atoms with van der Waals surface area (Å²) in [4.78, 5) is 12.7. The Morgan fingerprint density at radius 1 is 1.38 bits per heavy atom. The molecule has 21 heavy (non-hydrogen) atoms. The van der Waals surface area contributed by atoms with Gasteiger partial charge >= 0.3 is 0 Å². The highest BCUT2D eigenvalue weighted by atomic mass is 79.9. The average Bonchev–Trinajstić information content (AvgIpc) is 2.94. The van der Waals surface area contributed by atoms with Crippen LogP contribution >= 0.6 is 15.9 Å². The number of hydrogen-bond acceptors (Lipinski definition) is 2. The van der Waals surface area contributed by atoms with Crippen molar-refractivity contribution in [2.24, 2.45) is 5.92 Å². The van der Waals surface area contributed by atoms with Crippen molar-refractivity contribution in [1.82, 2.24) is 5.32 Å². The van der Waals surface area contributed by atoms with E-state index in [1.54, 1.807) is 0 Å². The van der Waals surface area contributed by atoms with E-state index in [0.29, 0.717) is 6.61 Å². The molecule has 0 bridgehead atoms. The van der Waals surface area contributed by atoms with Crippen LogP contribution in [0, 0.1) is 5.92 Å². The number of ether oxygens (including phenoxy) is 1. The van der Waals surface area contributed by atoms with Crippen molar-refractivity contribution in [2.45, 2.75) is 44.1 Å². The lowest BCUT2D eigenvalue weighted by Gasteiger charge is -2.39. The minimum Gasteiger partial charge on any atom is -0.492 e. The SMILES string of the molecule is CC1CCC(CBr)(NC(=O)C2COc3ccccc32)CC1. The van der Waals surface area contributed by atoms with Crippen molar-refractivity contribution in [2.75, 3.05) is 11.9 Å². The monoisotopic (exact) mass is 351 g/mol. The summed E-state index contributed by atoms with van der Waals surface area (Å²) in [5.74, 6) is 1.55. The first kappa shape index (κ1) is 14.9. The molecule has 1 aromatic carbocycles. The van der Waals surface area contributed by atoms with Gasteiger partial charge in [-0.2, -0.15) is 0 Å². The Labute approximate surface area is 134 Å². The molecule has 3 rings (SSSR count). The predicted molar refractivity (Wildman–Crippen MR) is 87.0 cm³/mol. The molecule has 3 nitrogen and oxygen atoms in total. The first-order chi connectivity index (χ1) is 10.1. The quantitative estimate of drug-likeness (QED) is 0.844. The molecule has 0 spiro atoms. The van der Waals surface area contributed by atoms with Crippen LogP contribution in [0.1, 0.15) is 44.1 Å². The highest BCUT2D eigenvalue weighted by Crippen LogP contribution is 2.37. The fourth-order valence-electron chi connectivity index (χ4n) is 3.33. The van der Waals surface area contributed by atoms with Gasteiger partial charge in [-0.15, -0.1) is 0 Å². The van der Waals surface area contributed by atoms with Gasteiger partial charge in [0, 0.05) is 16.4 Å². The first-order valence-electron chi connectivity index (χ1n) is 7.73. The Bertz CT molecular complexity index is 523. The van der Waals surface area contributed by atoms with Crippen molar-refractivity contribution >= 4 is 21.8 Å². The molecule has 0 saturated heterocycles. The third-order valence-corrected chi connectivity index (χ3v) is 5.97. The summed E-state index contributed by atoms with van der Waals surface area (Å²) in [5.41, 5.74) is 0.935. The summed E-state index contributed by atoms with van der Waals surface area (Å²) in [6.07, 6.45) is 4.48. The molecule has 1 aliphatic carbocycles. The molecule has 1 amide bonds. The van der Waals surface area contributed by atoms with Crippen molar-refractivity contribution in [3.8, 4) is 5.75 Å². The Morgan fingerprint density at radius 2 is 2.10 bits per heavy atom. The third-order valence-electron chi connectivity index (χ3n) is 4.89. The number of carbonyl (C=O) groups is 1. The van der Waals surface area contributed by atoms with Crippen LogP contribution < -0.4 is 10.1 Å². The van der Waals surface area contributed by atoms with Crippen LogP contribution in [0.3, 0.4) is 0 Å². The Kier molecular flexibility index (Phi) is 4.25. The van der Waals surface area contributed by atoms with Gasteiger partial charge in [0.15, 0.2) is 0 Å². The maximum Gasteiger partial charge on any atom is 0.231 e. The molecule has 1 atom stereocenters. The maximum atomic E-state index is 12.7. The standard InChI is InChI=1S/C17H22BrNO2/c1-12-6-8-17(11-18,9-7-12)19-16(20)14-10-21-15-5-3-2-4-13(14)15/h2-5,12,14H,6-11H2,1H3,(H,19,20). The highest BCUT2D eigenvalue weighted by Gasteiger charge is 2.38. The average molecular weight is 352 g/mol. The van der Waals surface area contributed by atoms with E-state index in [4.69, 9.17) is 4.74 Å². The Morgan fingerprint density at radius 3 is 2.81 bits per heavy atom. The third kappa shape index (κ3) is 2.96. The minimum atomic E-state index is -0.170. The summed E-state index contributed by atoms with van der Waals surface area (Å²) >= 11 is 3.61. The number of carbonyl (C=O) groups excluding carboxylic acids is 1. The van der Waals surface area contributed by atoms with E-state index < -0.39 is 0 Å². The van der Waals surface area contributed by atoms with Crippen LogP contribution in [0.4, 0.5) is 0 Å². The van der Waals surface area contributed by atoms with E-state index in [2.05, 4.69) is 28.2 Å². The molecule has 1 aromatic rings. The predicted octanol–water partition coefficient (Wildman–Crippen LogP) is 3.62. The zero-order valence-corrected chi connectivity index (χ0v) is 14.0. The van der Waals surface area contributed by atoms with Crippen LogP contribution in [0.2, 0.25) is 0 Å². The number of rotatable bonds is 3. The maximum absolute atomic E-state index is 12.7. The molecule has 1 saturated carbocycles. The summed E-state index contributed by atoms with van der Waals surface area (Å²) in [5, 5.41) is 4.15. The first-order valence-corrected chi connectivity index (χ1v) is 8.85. The zero-order chi connectivity index (χ0) is 14.9. The van der Waals surface area contributed by atoms with Gasteiger partial charge in [-0.1, -0.05) is 41.1 Å². The van der Waals surface area contributed by atoms with E-state index in [0.717, 1.165) is 35.4 Å². The van der Waals surface area contributed by atoms with Gasteiger partial charge in [-0.25, -0.2) is 0 Å². The molecule has 4 heteroatoms. The molecule has 1 aliphatic heterocycles. The van der Waals surface area contributed by atoms with E-state index in [-0.39, 0.29) is 17.4 Å². The summed E-state index contributed by atoms with van der Waals surface area (Å²) in [6.45, 7) is 2.75. The van der Waals surface area contributed by atoms with Crippen molar-refractivity contribution < 1.29 is 9.53 Å². The van der Waals surface area contributed by atoms with Gasteiger partial charge in [-0.05, 0) is 37.7 Å². The summed E-state index contributed by atoms with van der Waals surface area (Å²) in [6, 6.07) is 7.85. The molecule has 0 radical (unpaired) electrons. The second-order valence-corrected chi connectivity index (χ2v) is 7.05. The smallest absolute Gasteiger partial charge is 0.231 e. The number of nitrogens with one attached hydrogen (secondary N) is 1.